The van der Waals surface area contributed by atoms with Gasteiger partial charge in [-0.05, 0) is 84.2 Å². The van der Waals surface area contributed by atoms with Gasteiger partial charge in [0.2, 0.25) is 0 Å². The summed E-state index contributed by atoms with van der Waals surface area (Å²) in [4.78, 5) is 25.6. The minimum atomic E-state index is -1.40. The lowest BCUT2D eigenvalue weighted by Gasteiger charge is -2.23. The van der Waals surface area contributed by atoms with E-state index in [-0.39, 0.29) is 36.5 Å². The molecule has 0 saturated heterocycles. The number of aliphatic hydroxyl groups excluding tert-OH is 1. The molecular formula is C32H41NO5S. The standard InChI is InChI=1S/C32H41NO5S/c1-9-37-31(36)25(34)18-33-30(35)27-15-14-26(39-27)29(19(2)3)38-24-16-20(4)28(21(5)17-24)22-10-12-23(13-11-22)32(6,7)8/h10-17,19,25,29,34H,9,18H2,1-8H3,(H,33,35)/t25-,29+/m0/s1. The first-order chi connectivity index (χ1) is 18.3. The highest BCUT2D eigenvalue weighted by atomic mass is 32.1. The summed E-state index contributed by atoms with van der Waals surface area (Å²) in [7, 11) is 0. The number of esters is 1. The van der Waals surface area contributed by atoms with Crippen molar-refractivity contribution in [3.05, 3.63) is 75.0 Å². The predicted molar refractivity (Wildman–Crippen MR) is 158 cm³/mol. The summed E-state index contributed by atoms with van der Waals surface area (Å²) in [6.07, 6.45) is -1.64. The summed E-state index contributed by atoms with van der Waals surface area (Å²) in [5.41, 5.74) is 6.10. The van der Waals surface area contributed by atoms with Crippen molar-refractivity contribution in [1.29, 1.82) is 0 Å². The van der Waals surface area contributed by atoms with Crippen LogP contribution < -0.4 is 10.1 Å². The Morgan fingerprint density at radius 1 is 1.00 bits per heavy atom. The van der Waals surface area contributed by atoms with Gasteiger partial charge in [0.1, 0.15) is 11.9 Å². The topological polar surface area (TPSA) is 84.9 Å². The molecule has 2 N–H and O–H groups in total. The molecule has 0 fully saturated rings. The van der Waals surface area contributed by atoms with Crippen molar-refractivity contribution in [1.82, 2.24) is 5.32 Å². The molecule has 7 heteroatoms. The highest BCUT2D eigenvalue weighted by Crippen LogP contribution is 2.37. The minimum Gasteiger partial charge on any atom is -0.485 e. The second kappa shape index (κ2) is 12.8. The van der Waals surface area contributed by atoms with Crippen LogP contribution in [0.3, 0.4) is 0 Å². The van der Waals surface area contributed by atoms with Crippen LogP contribution in [0.25, 0.3) is 11.1 Å². The van der Waals surface area contributed by atoms with Gasteiger partial charge in [-0.3, -0.25) is 4.79 Å². The number of benzene rings is 2. The Bertz CT molecular complexity index is 1260. The van der Waals surface area contributed by atoms with E-state index in [2.05, 4.69) is 90.2 Å². The van der Waals surface area contributed by atoms with Crippen molar-refractivity contribution in [2.45, 2.75) is 73.0 Å². The van der Waals surface area contributed by atoms with Gasteiger partial charge in [-0.25, -0.2) is 4.79 Å². The number of hydrogen-bond acceptors (Lipinski definition) is 6. The van der Waals surface area contributed by atoms with Crippen LogP contribution in [0.1, 0.15) is 78.9 Å². The molecule has 1 aromatic heterocycles. The van der Waals surface area contributed by atoms with Crippen LogP contribution in [-0.2, 0) is 14.9 Å². The maximum atomic E-state index is 12.6. The fraction of sp³-hybridized carbons (Fsp3) is 0.438. The largest absolute Gasteiger partial charge is 0.485 e. The van der Waals surface area contributed by atoms with E-state index in [4.69, 9.17) is 9.47 Å². The Kier molecular flexibility index (Phi) is 9.97. The lowest BCUT2D eigenvalue weighted by molar-refractivity contribution is -0.152. The SMILES string of the molecule is CCOC(=O)[C@@H](O)CNC(=O)c1ccc([C@H](Oc2cc(C)c(-c3ccc(C(C)(C)C)cc3)c(C)c2)C(C)C)s1. The van der Waals surface area contributed by atoms with Crippen LogP contribution in [0.4, 0.5) is 0 Å². The van der Waals surface area contributed by atoms with E-state index in [0.717, 1.165) is 21.8 Å². The zero-order valence-electron chi connectivity index (χ0n) is 24.3. The molecule has 3 rings (SSSR count). The Morgan fingerprint density at radius 3 is 2.15 bits per heavy atom. The van der Waals surface area contributed by atoms with Crippen molar-refractivity contribution in [3.8, 4) is 16.9 Å². The minimum absolute atomic E-state index is 0.110. The van der Waals surface area contributed by atoms with Crippen molar-refractivity contribution in [2.75, 3.05) is 13.2 Å². The summed E-state index contributed by atoms with van der Waals surface area (Å²) in [5, 5.41) is 12.4. The Labute approximate surface area is 236 Å². The van der Waals surface area contributed by atoms with E-state index in [1.54, 1.807) is 13.0 Å². The molecule has 1 heterocycles. The summed E-state index contributed by atoms with van der Waals surface area (Å²) in [6.45, 7) is 16.7. The van der Waals surface area contributed by atoms with Crippen molar-refractivity contribution in [3.63, 3.8) is 0 Å². The molecule has 3 aromatic rings. The number of aryl methyl sites for hydroxylation is 2. The zero-order valence-corrected chi connectivity index (χ0v) is 25.1. The summed E-state index contributed by atoms with van der Waals surface area (Å²) < 4.78 is 11.3. The Balaban J connectivity index is 1.75. The summed E-state index contributed by atoms with van der Waals surface area (Å²) in [5.74, 6) is -0.159. The lowest BCUT2D eigenvalue weighted by Crippen LogP contribution is -2.37. The lowest BCUT2D eigenvalue weighted by atomic mass is 9.85. The van der Waals surface area contributed by atoms with E-state index in [1.807, 2.05) is 6.07 Å². The number of hydrogen-bond donors (Lipinski definition) is 2. The number of nitrogens with one attached hydrogen (secondary N) is 1. The van der Waals surface area contributed by atoms with Crippen LogP contribution >= 0.6 is 11.3 Å². The highest BCUT2D eigenvalue weighted by molar-refractivity contribution is 7.14. The van der Waals surface area contributed by atoms with Gasteiger partial charge in [0.15, 0.2) is 6.10 Å². The zero-order chi connectivity index (χ0) is 28.9. The molecule has 2 atom stereocenters. The van der Waals surface area contributed by atoms with Crippen LogP contribution in [-0.4, -0.2) is 36.2 Å². The van der Waals surface area contributed by atoms with Crippen LogP contribution in [0.5, 0.6) is 5.75 Å². The molecule has 0 bridgehead atoms. The second-order valence-corrected chi connectivity index (χ2v) is 12.3. The van der Waals surface area contributed by atoms with Gasteiger partial charge in [-0.2, -0.15) is 0 Å². The summed E-state index contributed by atoms with van der Waals surface area (Å²) in [6, 6.07) is 16.6. The molecule has 0 radical (unpaired) electrons. The Hall–Kier alpha value is -3.16. The van der Waals surface area contributed by atoms with Crippen molar-refractivity contribution < 1.29 is 24.2 Å². The summed E-state index contributed by atoms with van der Waals surface area (Å²) >= 11 is 1.34. The molecule has 2 aromatic carbocycles. The third kappa shape index (κ3) is 7.70. The number of aliphatic hydroxyl groups is 1. The molecule has 6 nitrogen and oxygen atoms in total. The quantitative estimate of drug-likeness (QED) is 0.272. The maximum Gasteiger partial charge on any atom is 0.336 e. The fourth-order valence-corrected chi connectivity index (χ4v) is 5.61. The van der Waals surface area contributed by atoms with Gasteiger partial charge in [0.25, 0.3) is 5.91 Å². The number of thiophene rings is 1. The number of rotatable bonds is 10. The van der Waals surface area contributed by atoms with Gasteiger partial charge < -0.3 is 19.9 Å². The average molecular weight is 552 g/mol. The van der Waals surface area contributed by atoms with Gasteiger partial charge in [0, 0.05) is 4.88 Å². The molecule has 0 aliphatic rings. The third-order valence-electron chi connectivity index (χ3n) is 6.56. The number of ether oxygens (including phenoxy) is 2. The fourth-order valence-electron chi connectivity index (χ4n) is 4.48. The molecule has 39 heavy (non-hydrogen) atoms. The molecule has 0 aliphatic heterocycles. The predicted octanol–water partition coefficient (Wildman–Crippen LogP) is 6.76. The first kappa shape index (κ1) is 30.4. The van der Waals surface area contributed by atoms with E-state index in [1.165, 1.54) is 28.0 Å². The van der Waals surface area contributed by atoms with E-state index in [9.17, 15) is 14.7 Å². The third-order valence-corrected chi connectivity index (χ3v) is 7.71. The van der Waals surface area contributed by atoms with E-state index in [0.29, 0.717) is 4.88 Å². The first-order valence-electron chi connectivity index (χ1n) is 13.4. The monoisotopic (exact) mass is 551 g/mol. The first-order valence-corrected chi connectivity index (χ1v) is 14.2. The highest BCUT2D eigenvalue weighted by Gasteiger charge is 2.24. The second-order valence-electron chi connectivity index (χ2n) is 11.2. The Morgan fingerprint density at radius 2 is 1.62 bits per heavy atom. The van der Waals surface area contributed by atoms with Crippen LogP contribution in [0, 0.1) is 19.8 Å². The molecular weight excluding hydrogens is 510 g/mol. The smallest absolute Gasteiger partial charge is 0.336 e. The number of carbonyl (C=O) groups excluding carboxylic acids is 2. The van der Waals surface area contributed by atoms with Gasteiger partial charge in [-0.15, -0.1) is 11.3 Å². The molecule has 210 valence electrons. The van der Waals surface area contributed by atoms with Gasteiger partial charge in [0.05, 0.1) is 18.0 Å². The molecule has 0 spiro atoms. The number of carbonyl (C=O) groups is 2. The molecule has 1 amide bonds. The van der Waals surface area contributed by atoms with E-state index >= 15 is 0 Å². The molecule has 0 unspecified atom stereocenters. The van der Waals surface area contributed by atoms with Crippen molar-refractivity contribution >= 4 is 23.2 Å². The molecule has 0 saturated carbocycles. The average Bonchev–Trinajstić information content (AvgIpc) is 3.35. The van der Waals surface area contributed by atoms with Gasteiger partial charge >= 0.3 is 5.97 Å². The molecule has 0 aliphatic carbocycles. The van der Waals surface area contributed by atoms with Crippen LogP contribution in [0.15, 0.2) is 48.5 Å². The van der Waals surface area contributed by atoms with Crippen molar-refractivity contribution in [2.24, 2.45) is 5.92 Å². The maximum absolute atomic E-state index is 12.6. The number of amides is 1. The van der Waals surface area contributed by atoms with Gasteiger partial charge in [-0.1, -0.05) is 58.9 Å². The van der Waals surface area contributed by atoms with E-state index < -0.39 is 12.1 Å². The van der Waals surface area contributed by atoms with Crippen LogP contribution in [0.2, 0.25) is 0 Å². The normalized spacial score (nSPS) is 13.2.